The highest BCUT2D eigenvalue weighted by Gasteiger charge is 2.16. The Balaban J connectivity index is 1.85. The SMILES string of the molecule is CCN(CC)CCCNc1nc(Cl)nc(N2CCCC2)n1. The zero-order chi connectivity index (χ0) is 15.1. The number of hydrogen-bond acceptors (Lipinski definition) is 6. The van der Waals surface area contributed by atoms with Crippen molar-refractivity contribution in [2.75, 3.05) is 49.5 Å². The minimum Gasteiger partial charge on any atom is -0.354 e. The molecule has 1 aliphatic rings. The zero-order valence-corrected chi connectivity index (χ0v) is 13.7. The van der Waals surface area contributed by atoms with Crippen molar-refractivity contribution in [3.05, 3.63) is 5.28 Å². The van der Waals surface area contributed by atoms with Gasteiger partial charge in [-0.25, -0.2) is 0 Å². The summed E-state index contributed by atoms with van der Waals surface area (Å²) in [6.45, 7) is 10.5. The minimum atomic E-state index is 0.262. The van der Waals surface area contributed by atoms with Crippen LogP contribution in [0, 0.1) is 0 Å². The Bertz CT molecular complexity index is 431. The summed E-state index contributed by atoms with van der Waals surface area (Å²) >= 11 is 6.00. The van der Waals surface area contributed by atoms with Crippen molar-refractivity contribution in [1.29, 1.82) is 0 Å². The normalized spacial score (nSPS) is 15.0. The van der Waals surface area contributed by atoms with E-state index >= 15 is 0 Å². The van der Waals surface area contributed by atoms with Crippen molar-refractivity contribution in [1.82, 2.24) is 19.9 Å². The number of nitrogens with zero attached hydrogens (tertiary/aromatic N) is 5. The zero-order valence-electron chi connectivity index (χ0n) is 13.0. The van der Waals surface area contributed by atoms with Gasteiger partial charge in [0.15, 0.2) is 0 Å². The quantitative estimate of drug-likeness (QED) is 0.743. The lowest BCUT2D eigenvalue weighted by atomic mass is 10.3. The minimum absolute atomic E-state index is 0.262. The lowest BCUT2D eigenvalue weighted by Gasteiger charge is -2.18. The van der Waals surface area contributed by atoms with E-state index in [0.717, 1.165) is 45.7 Å². The van der Waals surface area contributed by atoms with Gasteiger partial charge in [0, 0.05) is 19.6 Å². The fourth-order valence-electron chi connectivity index (χ4n) is 2.52. The van der Waals surface area contributed by atoms with Crippen molar-refractivity contribution in [2.45, 2.75) is 33.1 Å². The summed E-state index contributed by atoms with van der Waals surface area (Å²) < 4.78 is 0. The molecule has 1 fully saturated rings. The Morgan fingerprint density at radius 2 is 1.86 bits per heavy atom. The van der Waals surface area contributed by atoms with Gasteiger partial charge >= 0.3 is 0 Å². The van der Waals surface area contributed by atoms with E-state index in [2.05, 4.69) is 43.9 Å². The lowest BCUT2D eigenvalue weighted by Crippen LogP contribution is -2.26. The average Bonchev–Trinajstić information content (AvgIpc) is 3.01. The molecule has 1 aromatic heterocycles. The predicted molar refractivity (Wildman–Crippen MR) is 87.2 cm³/mol. The summed E-state index contributed by atoms with van der Waals surface area (Å²) in [4.78, 5) is 17.4. The van der Waals surface area contributed by atoms with Crippen LogP contribution >= 0.6 is 11.6 Å². The second-order valence-corrected chi connectivity index (χ2v) is 5.57. The molecular weight excluding hydrogens is 288 g/mol. The molecule has 0 atom stereocenters. The Labute approximate surface area is 131 Å². The molecule has 0 radical (unpaired) electrons. The highest BCUT2D eigenvalue weighted by Crippen LogP contribution is 2.18. The first kappa shape index (κ1) is 16.2. The molecule has 1 N–H and O–H groups in total. The molecule has 0 spiro atoms. The van der Waals surface area contributed by atoms with Gasteiger partial charge in [0.2, 0.25) is 17.2 Å². The summed E-state index contributed by atoms with van der Waals surface area (Å²) in [6, 6.07) is 0. The second kappa shape index (κ2) is 8.34. The number of nitrogens with one attached hydrogen (secondary N) is 1. The third kappa shape index (κ3) is 4.97. The fraction of sp³-hybridized carbons (Fsp3) is 0.786. The van der Waals surface area contributed by atoms with Crippen molar-refractivity contribution in [3.63, 3.8) is 0 Å². The van der Waals surface area contributed by atoms with Crippen LogP contribution in [0.15, 0.2) is 0 Å². The van der Waals surface area contributed by atoms with E-state index in [1.165, 1.54) is 12.8 Å². The monoisotopic (exact) mass is 312 g/mol. The van der Waals surface area contributed by atoms with Crippen LogP contribution in [0.5, 0.6) is 0 Å². The Kier molecular flexibility index (Phi) is 6.45. The Hall–Kier alpha value is -1.14. The van der Waals surface area contributed by atoms with Gasteiger partial charge in [0.05, 0.1) is 0 Å². The number of aromatic nitrogens is 3. The molecule has 1 saturated heterocycles. The van der Waals surface area contributed by atoms with E-state index in [1.807, 2.05) is 0 Å². The molecule has 2 rings (SSSR count). The number of hydrogen-bond donors (Lipinski definition) is 1. The van der Waals surface area contributed by atoms with Gasteiger partial charge < -0.3 is 15.1 Å². The van der Waals surface area contributed by atoms with Crippen LogP contribution in [0.25, 0.3) is 0 Å². The third-order valence-corrected chi connectivity index (χ3v) is 3.98. The summed E-state index contributed by atoms with van der Waals surface area (Å²) in [5.74, 6) is 1.27. The number of halogens is 1. The molecule has 0 saturated carbocycles. The van der Waals surface area contributed by atoms with Gasteiger partial charge in [-0.2, -0.15) is 15.0 Å². The first-order valence-corrected chi connectivity index (χ1v) is 8.23. The van der Waals surface area contributed by atoms with Crippen LogP contribution in [0.3, 0.4) is 0 Å². The van der Waals surface area contributed by atoms with Gasteiger partial charge in [-0.1, -0.05) is 13.8 Å². The molecule has 0 aromatic carbocycles. The lowest BCUT2D eigenvalue weighted by molar-refractivity contribution is 0.303. The third-order valence-electron chi connectivity index (χ3n) is 3.81. The molecule has 0 aliphatic carbocycles. The Morgan fingerprint density at radius 3 is 2.52 bits per heavy atom. The maximum atomic E-state index is 6.00. The van der Waals surface area contributed by atoms with Crippen molar-refractivity contribution in [3.8, 4) is 0 Å². The number of rotatable bonds is 8. The molecule has 7 heteroatoms. The van der Waals surface area contributed by atoms with Crippen molar-refractivity contribution in [2.24, 2.45) is 0 Å². The van der Waals surface area contributed by atoms with Gasteiger partial charge in [0.1, 0.15) is 0 Å². The molecule has 0 unspecified atom stereocenters. The predicted octanol–water partition coefficient (Wildman–Crippen LogP) is 2.27. The molecule has 118 valence electrons. The molecule has 21 heavy (non-hydrogen) atoms. The second-order valence-electron chi connectivity index (χ2n) is 5.23. The molecular formula is C14H25ClN6. The topological polar surface area (TPSA) is 57.2 Å². The average molecular weight is 313 g/mol. The van der Waals surface area contributed by atoms with E-state index in [4.69, 9.17) is 11.6 Å². The van der Waals surface area contributed by atoms with E-state index < -0.39 is 0 Å². The Morgan fingerprint density at radius 1 is 1.14 bits per heavy atom. The molecule has 1 aromatic rings. The van der Waals surface area contributed by atoms with Crippen LogP contribution < -0.4 is 10.2 Å². The van der Waals surface area contributed by atoms with Gasteiger partial charge in [-0.05, 0) is 50.5 Å². The van der Waals surface area contributed by atoms with E-state index in [0.29, 0.717) is 11.9 Å². The molecule has 6 nitrogen and oxygen atoms in total. The largest absolute Gasteiger partial charge is 0.354 e. The number of anilines is 2. The molecule has 2 heterocycles. The first-order valence-electron chi connectivity index (χ1n) is 7.85. The van der Waals surface area contributed by atoms with E-state index in [1.54, 1.807) is 0 Å². The van der Waals surface area contributed by atoms with Crippen molar-refractivity contribution >= 4 is 23.5 Å². The van der Waals surface area contributed by atoms with Gasteiger partial charge in [-0.15, -0.1) is 0 Å². The summed E-state index contributed by atoms with van der Waals surface area (Å²) in [5.41, 5.74) is 0. The first-order chi connectivity index (χ1) is 10.2. The van der Waals surface area contributed by atoms with Crippen LogP contribution in [0.2, 0.25) is 5.28 Å². The highest BCUT2D eigenvalue weighted by molar-refractivity contribution is 6.28. The van der Waals surface area contributed by atoms with Crippen LogP contribution in [0.1, 0.15) is 33.1 Å². The molecule has 1 aliphatic heterocycles. The van der Waals surface area contributed by atoms with Gasteiger partial charge in [-0.3, -0.25) is 0 Å². The maximum absolute atomic E-state index is 6.00. The summed E-state index contributed by atoms with van der Waals surface area (Å²) in [6.07, 6.45) is 3.44. The van der Waals surface area contributed by atoms with E-state index in [9.17, 15) is 0 Å². The maximum Gasteiger partial charge on any atom is 0.231 e. The van der Waals surface area contributed by atoms with Crippen LogP contribution in [-0.2, 0) is 0 Å². The van der Waals surface area contributed by atoms with Crippen molar-refractivity contribution < 1.29 is 0 Å². The fourth-order valence-corrected chi connectivity index (χ4v) is 2.68. The summed E-state index contributed by atoms with van der Waals surface area (Å²) in [7, 11) is 0. The highest BCUT2D eigenvalue weighted by atomic mass is 35.5. The van der Waals surface area contributed by atoms with E-state index in [-0.39, 0.29) is 5.28 Å². The smallest absolute Gasteiger partial charge is 0.231 e. The van der Waals surface area contributed by atoms with Crippen LogP contribution in [-0.4, -0.2) is 59.1 Å². The van der Waals surface area contributed by atoms with Gasteiger partial charge in [0.25, 0.3) is 0 Å². The van der Waals surface area contributed by atoms with Crippen LogP contribution in [0.4, 0.5) is 11.9 Å². The molecule has 0 bridgehead atoms. The summed E-state index contributed by atoms with van der Waals surface area (Å²) in [5, 5.41) is 3.52. The molecule has 0 amide bonds. The standard InChI is InChI=1S/C14H25ClN6/c1-3-20(4-2)9-7-8-16-13-17-12(15)18-14(19-13)21-10-5-6-11-21/h3-11H2,1-2H3,(H,16,17,18,19).